The van der Waals surface area contributed by atoms with E-state index in [1.165, 1.54) is 0 Å². The van der Waals surface area contributed by atoms with Gasteiger partial charge in [0.1, 0.15) is 18.3 Å². The van der Waals surface area contributed by atoms with Crippen LogP contribution >= 0.6 is 0 Å². The Morgan fingerprint density at radius 3 is 2.14 bits per heavy atom. The Morgan fingerprint density at radius 1 is 1.03 bits per heavy atom. The summed E-state index contributed by atoms with van der Waals surface area (Å²) >= 11 is 0. The molecule has 1 heterocycles. The molecule has 1 aliphatic heterocycles. The normalized spacial score (nSPS) is 20.7. The standard InChI is InChI=1S/C29H45NO5Si/c1-28(2,3)36(6,7)34-20-24(31)27(32-19-23-16-12-9-13-17-23)26(25-21-33-29(4,5)35-25)30-18-22-14-10-8-11-15-22/h8-17,24-27,30-31H,18-21H2,1-7H3/t24-,25-,26-,27-/m1/s1. The van der Waals surface area contributed by atoms with E-state index in [1.54, 1.807) is 0 Å². The maximum Gasteiger partial charge on any atom is 0.192 e. The lowest BCUT2D eigenvalue weighted by Crippen LogP contribution is -2.56. The minimum absolute atomic E-state index is 0.0461. The Bertz CT molecular complexity index is 916. The molecule has 200 valence electrons. The van der Waals surface area contributed by atoms with Gasteiger partial charge in [0.15, 0.2) is 14.1 Å². The molecule has 4 atom stereocenters. The van der Waals surface area contributed by atoms with E-state index in [1.807, 2.05) is 62.4 Å². The smallest absolute Gasteiger partial charge is 0.192 e. The largest absolute Gasteiger partial charge is 0.414 e. The molecule has 7 heteroatoms. The summed E-state index contributed by atoms with van der Waals surface area (Å²) in [7, 11) is -2.05. The molecule has 0 aliphatic carbocycles. The third kappa shape index (κ3) is 8.21. The first-order valence-electron chi connectivity index (χ1n) is 12.9. The van der Waals surface area contributed by atoms with E-state index in [0.717, 1.165) is 11.1 Å². The van der Waals surface area contributed by atoms with Gasteiger partial charge in [-0.25, -0.2) is 0 Å². The van der Waals surface area contributed by atoms with Crippen LogP contribution in [0.3, 0.4) is 0 Å². The van der Waals surface area contributed by atoms with E-state index in [-0.39, 0.29) is 23.8 Å². The molecule has 36 heavy (non-hydrogen) atoms. The van der Waals surface area contributed by atoms with Crippen LogP contribution in [0.1, 0.15) is 45.7 Å². The zero-order valence-corrected chi connectivity index (χ0v) is 24.0. The summed E-state index contributed by atoms with van der Waals surface area (Å²) in [6.45, 7) is 16.4. The third-order valence-corrected chi connectivity index (χ3v) is 11.8. The number of benzene rings is 2. The minimum atomic E-state index is -2.05. The molecule has 6 nitrogen and oxygen atoms in total. The fraction of sp³-hybridized carbons (Fsp3) is 0.586. The van der Waals surface area contributed by atoms with E-state index in [9.17, 15) is 5.11 Å². The van der Waals surface area contributed by atoms with Crippen LogP contribution in [0.4, 0.5) is 0 Å². The molecular weight excluding hydrogens is 470 g/mol. The number of aliphatic hydroxyl groups excluding tert-OH is 1. The summed E-state index contributed by atoms with van der Waals surface area (Å²) in [4.78, 5) is 0. The molecule has 0 aromatic heterocycles. The average molecular weight is 516 g/mol. The van der Waals surface area contributed by atoms with Gasteiger partial charge in [-0.15, -0.1) is 0 Å². The number of ether oxygens (including phenoxy) is 3. The van der Waals surface area contributed by atoms with E-state index < -0.39 is 26.3 Å². The number of hydrogen-bond donors (Lipinski definition) is 2. The van der Waals surface area contributed by atoms with Crippen molar-refractivity contribution < 1.29 is 23.7 Å². The van der Waals surface area contributed by atoms with Crippen molar-refractivity contribution in [3.05, 3.63) is 71.8 Å². The van der Waals surface area contributed by atoms with Crippen molar-refractivity contribution in [2.45, 2.75) is 96.0 Å². The summed E-state index contributed by atoms with van der Waals surface area (Å²) in [6, 6.07) is 19.9. The van der Waals surface area contributed by atoms with Crippen molar-refractivity contribution in [2.24, 2.45) is 0 Å². The highest BCUT2D eigenvalue weighted by Crippen LogP contribution is 2.37. The van der Waals surface area contributed by atoms with Crippen molar-refractivity contribution in [2.75, 3.05) is 13.2 Å². The van der Waals surface area contributed by atoms with Gasteiger partial charge in [-0.3, -0.25) is 0 Å². The Balaban J connectivity index is 1.83. The third-order valence-electron chi connectivity index (χ3n) is 7.26. The lowest BCUT2D eigenvalue weighted by atomic mass is 9.99. The molecule has 0 radical (unpaired) electrons. The number of hydrogen-bond acceptors (Lipinski definition) is 6. The Morgan fingerprint density at radius 2 is 1.61 bits per heavy atom. The Hall–Kier alpha value is -1.58. The van der Waals surface area contributed by atoms with Gasteiger partial charge in [-0.2, -0.15) is 0 Å². The summed E-state index contributed by atoms with van der Waals surface area (Å²) in [6.07, 6.45) is -1.70. The maximum absolute atomic E-state index is 11.5. The van der Waals surface area contributed by atoms with Crippen LogP contribution < -0.4 is 5.32 Å². The lowest BCUT2D eigenvalue weighted by Gasteiger charge is -2.39. The molecule has 2 aromatic carbocycles. The molecular formula is C29H45NO5Si. The quantitative estimate of drug-likeness (QED) is 0.376. The molecule has 0 bridgehead atoms. The first kappa shape index (κ1) is 29.0. The monoisotopic (exact) mass is 515 g/mol. The topological polar surface area (TPSA) is 69.2 Å². The molecule has 0 amide bonds. The summed E-state index contributed by atoms with van der Waals surface area (Å²) < 4.78 is 25.1. The first-order valence-corrected chi connectivity index (χ1v) is 15.9. The molecule has 1 saturated heterocycles. The van der Waals surface area contributed by atoms with Crippen LogP contribution in [0.2, 0.25) is 18.1 Å². The molecule has 1 fully saturated rings. The Kier molecular flexibility index (Phi) is 9.91. The highest BCUT2D eigenvalue weighted by atomic mass is 28.4. The van der Waals surface area contributed by atoms with Gasteiger partial charge in [0.25, 0.3) is 0 Å². The van der Waals surface area contributed by atoms with Gasteiger partial charge in [-0.05, 0) is 43.1 Å². The predicted octanol–water partition coefficient (Wildman–Crippen LogP) is 5.26. The second kappa shape index (κ2) is 12.3. The van der Waals surface area contributed by atoms with Crippen molar-refractivity contribution >= 4 is 8.32 Å². The minimum Gasteiger partial charge on any atom is -0.414 e. The molecule has 2 N–H and O–H groups in total. The van der Waals surface area contributed by atoms with Gasteiger partial charge in [0.05, 0.1) is 25.9 Å². The highest BCUT2D eigenvalue weighted by Gasteiger charge is 2.44. The number of nitrogens with one attached hydrogen (secondary N) is 1. The summed E-state index contributed by atoms with van der Waals surface area (Å²) in [5, 5.41) is 15.2. The van der Waals surface area contributed by atoms with Gasteiger partial charge >= 0.3 is 0 Å². The predicted molar refractivity (Wildman–Crippen MR) is 146 cm³/mol. The van der Waals surface area contributed by atoms with Crippen molar-refractivity contribution in [1.82, 2.24) is 5.32 Å². The maximum atomic E-state index is 11.5. The van der Waals surface area contributed by atoms with Crippen LogP contribution in [0, 0.1) is 0 Å². The van der Waals surface area contributed by atoms with Gasteiger partial charge in [0.2, 0.25) is 0 Å². The first-order chi connectivity index (χ1) is 16.9. The average Bonchev–Trinajstić information content (AvgIpc) is 3.19. The number of rotatable bonds is 12. The van der Waals surface area contributed by atoms with Crippen LogP contribution in [0.25, 0.3) is 0 Å². The van der Waals surface area contributed by atoms with Crippen LogP contribution in [0.15, 0.2) is 60.7 Å². The SMILES string of the molecule is CC1(C)OC[C@H]([C@@H](NCc2ccccc2)[C@H](OCc2ccccc2)[C@H](O)CO[Si](C)(C)C(C)(C)C)O1. The molecule has 0 unspecified atom stereocenters. The highest BCUT2D eigenvalue weighted by molar-refractivity contribution is 6.74. The van der Waals surface area contributed by atoms with E-state index in [0.29, 0.717) is 19.8 Å². The molecule has 1 aliphatic rings. The molecule has 3 rings (SSSR count). The number of aliphatic hydroxyl groups is 1. The summed E-state index contributed by atoms with van der Waals surface area (Å²) in [5.74, 6) is -0.691. The lowest BCUT2D eigenvalue weighted by molar-refractivity contribution is -0.155. The van der Waals surface area contributed by atoms with Gasteiger partial charge in [0, 0.05) is 6.54 Å². The fourth-order valence-electron chi connectivity index (χ4n) is 4.01. The van der Waals surface area contributed by atoms with Crippen molar-refractivity contribution in [1.29, 1.82) is 0 Å². The van der Waals surface area contributed by atoms with Gasteiger partial charge in [-0.1, -0.05) is 81.4 Å². The summed E-state index contributed by atoms with van der Waals surface area (Å²) in [5.41, 5.74) is 2.19. The fourth-order valence-corrected chi connectivity index (χ4v) is 5.03. The molecule has 0 saturated carbocycles. The van der Waals surface area contributed by atoms with Crippen molar-refractivity contribution in [3.63, 3.8) is 0 Å². The zero-order valence-electron chi connectivity index (χ0n) is 23.0. The second-order valence-electron chi connectivity index (χ2n) is 11.7. The molecule has 0 spiro atoms. The van der Waals surface area contributed by atoms with Crippen LogP contribution in [-0.4, -0.2) is 56.8 Å². The second-order valence-corrected chi connectivity index (χ2v) is 16.5. The van der Waals surface area contributed by atoms with E-state index in [2.05, 4.69) is 51.3 Å². The van der Waals surface area contributed by atoms with Crippen molar-refractivity contribution in [3.8, 4) is 0 Å². The van der Waals surface area contributed by atoms with Crippen LogP contribution in [-0.2, 0) is 31.8 Å². The van der Waals surface area contributed by atoms with E-state index in [4.69, 9.17) is 18.6 Å². The zero-order chi connectivity index (χ0) is 26.4. The Labute approximate surface area is 218 Å². The van der Waals surface area contributed by atoms with Gasteiger partial charge < -0.3 is 29.1 Å². The van der Waals surface area contributed by atoms with Crippen LogP contribution in [0.5, 0.6) is 0 Å². The molecule has 2 aromatic rings. The van der Waals surface area contributed by atoms with E-state index >= 15 is 0 Å².